The molecule has 1 rings (SSSR count). The van der Waals surface area contributed by atoms with Crippen LogP contribution >= 0.6 is 0 Å². The fourth-order valence-corrected chi connectivity index (χ4v) is 2.37. The maximum absolute atomic E-state index is 11.8. The summed E-state index contributed by atoms with van der Waals surface area (Å²) in [7, 11) is -3.53. The Bertz CT molecular complexity index is 433. The molecule has 1 aromatic rings. The van der Waals surface area contributed by atoms with Crippen molar-refractivity contribution in [2.75, 3.05) is 12.0 Å². The molecule has 0 aromatic carbocycles. The van der Waals surface area contributed by atoms with Crippen LogP contribution in [0.5, 0.6) is 0 Å². The van der Waals surface area contributed by atoms with Crippen LogP contribution in [0.25, 0.3) is 0 Å². The molecular formula is C9H16N4O2S. The Morgan fingerprint density at radius 3 is 2.88 bits per heavy atom. The molecule has 0 saturated carbocycles. The molecule has 0 unspecified atom stereocenters. The van der Waals surface area contributed by atoms with E-state index in [4.69, 9.17) is 5.84 Å². The summed E-state index contributed by atoms with van der Waals surface area (Å²) in [6, 6.07) is 3.01. The smallest absolute Gasteiger partial charge is 0.244 e. The minimum Gasteiger partial charge on any atom is -0.307 e. The average molecular weight is 244 g/mol. The van der Waals surface area contributed by atoms with Crippen LogP contribution in [0.15, 0.2) is 23.2 Å². The molecule has 7 heteroatoms. The van der Waals surface area contributed by atoms with Gasteiger partial charge in [-0.1, -0.05) is 13.3 Å². The first kappa shape index (κ1) is 12.9. The van der Waals surface area contributed by atoms with Gasteiger partial charge in [0.25, 0.3) is 0 Å². The van der Waals surface area contributed by atoms with E-state index >= 15 is 0 Å². The van der Waals surface area contributed by atoms with Crippen molar-refractivity contribution in [1.82, 2.24) is 9.71 Å². The maximum Gasteiger partial charge on any atom is 0.244 e. The van der Waals surface area contributed by atoms with Gasteiger partial charge < -0.3 is 5.43 Å². The molecule has 0 aliphatic carbocycles. The lowest BCUT2D eigenvalue weighted by atomic mass is 10.3. The molecule has 0 amide bonds. The van der Waals surface area contributed by atoms with Crippen LogP contribution in [0.2, 0.25) is 0 Å². The van der Waals surface area contributed by atoms with Crippen LogP contribution in [0, 0.1) is 0 Å². The van der Waals surface area contributed by atoms with Crippen molar-refractivity contribution in [1.29, 1.82) is 0 Å². The van der Waals surface area contributed by atoms with E-state index < -0.39 is 10.0 Å². The van der Waals surface area contributed by atoms with Crippen molar-refractivity contribution in [2.45, 2.75) is 24.7 Å². The molecular weight excluding hydrogens is 228 g/mol. The van der Waals surface area contributed by atoms with Crippen LogP contribution in [0.3, 0.4) is 0 Å². The molecule has 0 fully saturated rings. The van der Waals surface area contributed by atoms with Crippen molar-refractivity contribution in [3.63, 3.8) is 0 Å². The van der Waals surface area contributed by atoms with Gasteiger partial charge in [-0.15, -0.1) is 0 Å². The largest absolute Gasteiger partial charge is 0.307 e. The molecule has 0 saturated heterocycles. The Morgan fingerprint density at radius 1 is 1.50 bits per heavy atom. The predicted molar refractivity (Wildman–Crippen MR) is 62.1 cm³/mol. The van der Waals surface area contributed by atoms with E-state index in [1.807, 2.05) is 6.92 Å². The number of sulfonamides is 1. The third kappa shape index (κ3) is 3.16. The first-order valence-corrected chi connectivity index (χ1v) is 6.51. The fourth-order valence-electron chi connectivity index (χ4n) is 1.18. The lowest BCUT2D eigenvalue weighted by Gasteiger charge is -2.09. The summed E-state index contributed by atoms with van der Waals surface area (Å²) in [4.78, 5) is 3.90. The number of nitrogens with zero attached hydrogens (tertiary/aromatic N) is 1. The summed E-state index contributed by atoms with van der Waals surface area (Å²) in [5.74, 6) is 5.34. The second-order valence-corrected chi connectivity index (χ2v) is 4.98. The van der Waals surface area contributed by atoms with Crippen molar-refractivity contribution < 1.29 is 8.42 Å². The summed E-state index contributed by atoms with van der Waals surface area (Å²) >= 11 is 0. The highest BCUT2D eigenvalue weighted by molar-refractivity contribution is 7.89. The van der Waals surface area contributed by atoms with E-state index in [1.165, 1.54) is 12.3 Å². The van der Waals surface area contributed by atoms with Gasteiger partial charge in [0.05, 0.1) is 0 Å². The molecule has 0 spiro atoms. The van der Waals surface area contributed by atoms with Crippen LogP contribution in [0.4, 0.5) is 5.82 Å². The number of pyridine rings is 1. The number of aromatic nitrogens is 1. The average Bonchev–Trinajstić information content (AvgIpc) is 2.29. The summed E-state index contributed by atoms with van der Waals surface area (Å²) in [5, 5.41) is 0. The highest BCUT2D eigenvalue weighted by Gasteiger charge is 2.17. The minimum absolute atomic E-state index is 0.0635. The fraction of sp³-hybridized carbons (Fsp3) is 0.444. The van der Waals surface area contributed by atoms with Crippen molar-refractivity contribution in [2.24, 2.45) is 5.84 Å². The van der Waals surface area contributed by atoms with Gasteiger partial charge in [-0.2, -0.15) is 0 Å². The molecule has 6 nitrogen and oxygen atoms in total. The summed E-state index contributed by atoms with van der Waals surface area (Å²) in [5.41, 5.74) is 2.26. The highest BCUT2D eigenvalue weighted by atomic mass is 32.2. The lowest BCUT2D eigenvalue weighted by Crippen LogP contribution is -2.26. The number of nitrogens with two attached hydrogens (primary N) is 1. The van der Waals surface area contributed by atoms with Gasteiger partial charge in [-0.3, -0.25) is 0 Å². The minimum atomic E-state index is -3.53. The van der Waals surface area contributed by atoms with Gasteiger partial charge in [0.1, 0.15) is 4.90 Å². The summed E-state index contributed by atoms with van der Waals surface area (Å²) in [6.45, 7) is 2.41. The zero-order chi connectivity index (χ0) is 12.0. The van der Waals surface area contributed by atoms with E-state index in [1.54, 1.807) is 6.07 Å². The summed E-state index contributed by atoms with van der Waals surface area (Å²) < 4.78 is 26.2. The van der Waals surface area contributed by atoms with Gasteiger partial charge in [0.15, 0.2) is 5.82 Å². The third-order valence-electron chi connectivity index (χ3n) is 2.02. The number of rotatable bonds is 6. The van der Waals surface area contributed by atoms with E-state index in [0.717, 1.165) is 12.8 Å². The second-order valence-electron chi connectivity index (χ2n) is 3.25. The van der Waals surface area contributed by atoms with E-state index in [-0.39, 0.29) is 10.7 Å². The molecule has 1 aromatic heterocycles. The van der Waals surface area contributed by atoms with Gasteiger partial charge >= 0.3 is 0 Å². The van der Waals surface area contributed by atoms with Crippen LogP contribution < -0.4 is 16.0 Å². The molecule has 0 radical (unpaired) electrons. The number of hydrogen-bond acceptors (Lipinski definition) is 5. The quantitative estimate of drug-likeness (QED) is 0.383. The molecule has 1 heterocycles. The second kappa shape index (κ2) is 5.78. The van der Waals surface area contributed by atoms with Gasteiger partial charge in [-0.25, -0.2) is 24.0 Å². The Morgan fingerprint density at radius 2 is 2.25 bits per heavy atom. The van der Waals surface area contributed by atoms with Gasteiger partial charge in [0, 0.05) is 12.7 Å². The number of hydrogen-bond donors (Lipinski definition) is 3. The molecule has 0 bridgehead atoms. The Hall–Kier alpha value is -1.18. The maximum atomic E-state index is 11.8. The molecule has 4 N–H and O–H groups in total. The van der Waals surface area contributed by atoms with Crippen LogP contribution in [-0.4, -0.2) is 19.9 Å². The molecule has 0 aliphatic rings. The molecule has 0 atom stereocenters. The van der Waals surface area contributed by atoms with E-state index in [0.29, 0.717) is 6.54 Å². The Labute approximate surface area is 95.3 Å². The van der Waals surface area contributed by atoms with Gasteiger partial charge in [-0.05, 0) is 18.6 Å². The Kier molecular flexibility index (Phi) is 4.66. The van der Waals surface area contributed by atoms with Gasteiger partial charge in [0.2, 0.25) is 10.0 Å². The van der Waals surface area contributed by atoms with E-state index in [9.17, 15) is 8.42 Å². The van der Waals surface area contributed by atoms with E-state index in [2.05, 4.69) is 15.1 Å². The molecule has 16 heavy (non-hydrogen) atoms. The van der Waals surface area contributed by atoms with Crippen LogP contribution in [0.1, 0.15) is 19.8 Å². The van der Waals surface area contributed by atoms with Crippen molar-refractivity contribution >= 4 is 15.8 Å². The first-order valence-electron chi connectivity index (χ1n) is 5.03. The zero-order valence-corrected chi connectivity index (χ0v) is 9.92. The number of nitrogens with one attached hydrogen (secondary N) is 2. The van der Waals surface area contributed by atoms with Crippen molar-refractivity contribution in [3.05, 3.63) is 18.3 Å². The standard InChI is InChI=1S/C9H16N4O2S/c1-2-3-7-12-16(14,15)8-5-4-6-11-9(8)13-10/h4-6,12H,2-3,7,10H2,1H3,(H,11,13). The van der Waals surface area contributed by atoms with Crippen LogP contribution in [-0.2, 0) is 10.0 Å². The lowest BCUT2D eigenvalue weighted by molar-refractivity contribution is 0.578. The third-order valence-corrected chi connectivity index (χ3v) is 3.51. The topological polar surface area (TPSA) is 97.1 Å². The first-order chi connectivity index (χ1) is 7.61. The number of anilines is 1. The molecule has 0 aliphatic heterocycles. The van der Waals surface area contributed by atoms with Crippen molar-refractivity contribution in [3.8, 4) is 0 Å². The summed E-state index contributed by atoms with van der Waals surface area (Å²) in [6.07, 6.45) is 3.20. The monoisotopic (exact) mass is 244 g/mol. The number of nitrogen functional groups attached to an aromatic ring is 1. The normalized spacial score (nSPS) is 11.4. The number of hydrazine groups is 1. The molecule has 90 valence electrons. The predicted octanol–water partition coefficient (Wildman–Crippen LogP) is 0.446. The highest BCUT2D eigenvalue weighted by Crippen LogP contribution is 2.16. The SMILES string of the molecule is CCCCNS(=O)(=O)c1cccnc1NN. The zero-order valence-electron chi connectivity index (χ0n) is 9.10. The number of unbranched alkanes of at least 4 members (excludes halogenated alkanes) is 1. The Balaban J connectivity index is 2.89.